The zero-order chi connectivity index (χ0) is 5.98. The summed E-state index contributed by atoms with van der Waals surface area (Å²) < 4.78 is 0. The first-order chi connectivity index (χ1) is 3.83. The van der Waals surface area contributed by atoms with Crippen molar-refractivity contribution in [2.75, 3.05) is 6.61 Å². The molecule has 0 atom stereocenters. The molecule has 0 fully saturated rings. The molecule has 8 heavy (non-hydrogen) atoms. The molecule has 0 amide bonds. The van der Waals surface area contributed by atoms with Crippen LogP contribution in [0.3, 0.4) is 0 Å². The molecule has 0 unspecified atom stereocenters. The van der Waals surface area contributed by atoms with Crippen LogP contribution in [0.25, 0.3) is 0 Å². The molecule has 0 aliphatic carbocycles. The van der Waals surface area contributed by atoms with Crippen LogP contribution in [-0.2, 0) is 0 Å². The number of aliphatic hydroxyl groups is 1. The van der Waals surface area contributed by atoms with Gasteiger partial charge in [-0.25, -0.2) is 5.32 Å². The molecule has 0 saturated carbocycles. The number of aliphatic hydroxyl groups excluding tert-OH is 1. The highest BCUT2D eigenvalue weighted by atomic mass is 16.3. The number of amidine groups is 2. The van der Waals surface area contributed by atoms with Crippen LogP contribution < -0.4 is 5.32 Å². The SMILES string of the molecule is CC1=NN=C(CO)[N]1. The quantitative estimate of drug-likeness (QED) is 0.480. The summed E-state index contributed by atoms with van der Waals surface area (Å²) in [6, 6.07) is 0. The second-order valence-corrected chi connectivity index (χ2v) is 1.43. The molecular formula is C4H6N3O. The van der Waals surface area contributed by atoms with E-state index in [1.165, 1.54) is 0 Å². The van der Waals surface area contributed by atoms with E-state index in [4.69, 9.17) is 5.11 Å². The van der Waals surface area contributed by atoms with Crippen molar-refractivity contribution in [2.24, 2.45) is 10.2 Å². The highest BCUT2D eigenvalue weighted by Gasteiger charge is 2.05. The van der Waals surface area contributed by atoms with E-state index < -0.39 is 0 Å². The average Bonchev–Trinajstić information content (AvgIpc) is 2.14. The molecule has 0 aromatic carbocycles. The van der Waals surface area contributed by atoms with Crippen molar-refractivity contribution >= 4 is 11.7 Å². The van der Waals surface area contributed by atoms with Gasteiger partial charge >= 0.3 is 0 Å². The summed E-state index contributed by atoms with van der Waals surface area (Å²) in [7, 11) is 0. The first-order valence-electron chi connectivity index (χ1n) is 2.26. The highest BCUT2D eigenvalue weighted by molar-refractivity contribution is 6.02. The highest BCUT2D eigenvalue weighted by Crippen LogP contribution is 1.89. The van der Waals surface area contributed by atoms with Gasteiger partial charge in [-0.3, -0.25) is 0 Å². The van der Waals surface area contributed by atoms with E-state index in [2.05, 4.69) is 15.5 Å². The Balaban J connectivity index is 2.49. The van der Waals surface area contributed by atoms with Gasteiger partial charge in [-0.15, -0.1) is 10.2 Å². The zero-order valence-electron chi connectivity index (χ0n) is 4.50. The molecule has 1 radical (unpaired) electrons. The minimum Gasteiger partial charge on any atom is -0.388 e. The standard InChI is InChI=1S/C4H6N3O/c1-3-5-4(2-8)7-6-3/h8H,2H2,1H3. The number of nitrogens with zero attached hydrogens (tertiary/aromatic N) is 3. The van der Waals surface area contributed by atoms with Crippen LogP contribution in [0.4, 0.5) is 0 Å². The molecule has 1 aliphatic heterocycles. The van der Waals surface area contributed by atoms with Crippen molar-refractivity contribution in [1.82, 2.24) is 5.32 Å². The van der Waals surface area contributed by atoms with E-state index in [1.807, 2.05) is 0 Å². The normalized spacial score (nSPS) is 17.2. The van der Waals surface area contributed by atoms with E-state index in [0.29, 0.717) is 11.7 Å². The average molecular weight is 112 g/mol. The van der Waals surface area contributed by atoms with Crippen LogP contribution in [0, 0.1) is 0 Å². The zero-order valence-corrected chi connectivity index (χ0v) is 4.50. The second-order valence-electron chi connectivity index (χ2n) is 1.43. The molecule has 0 aromatic rings. The van der Waals surface area contributed by atoms with Gasteiger partial charge in [0.15, 0.2) is 5.84 Å². The van der Waals surface area contributed by atoms with E-state index >= 15 is 0 Å². The van der Waals surface area contributed by atoms with E-state index in [9.17, 15) is 0 Å². The van der Waals surface area contributed by atoms with Crippen molar-refractivity contribution in [3.8, 4) is 0 Å². The Hall–Kier alpha value is -0.900. The Morgan fingerprint density at radius 3 is 2.50 bits per heavy atom. The van der Waals surface area contributed by atoms with Crippen molar-refractivity contribution < 1.29 is 5.11 Å². The third-order valence-corrected chi connectivity index (χ3v) is 0.742. The second kappa shape index (κ2) is 1.92. The number of rotatable bonds is 1. The molecule has 43 valence electrons. The molecule has 4 heteroatoms. The monoisotopic (exact) mass is 112 g/mol. The van der Waals surface area contributed by atoms with Gasteiger partial charge in [0.2, 0.25) is 0 Å². The van der Waals surface area contributed by atoms with E-state index in [-0.39, 0.29) is 6.61 Å². The summed E-state index contributed by atoms with van der Waals surface area (Å²) >= 11 is 0. The van der Waals surface area contributed by atoms with Crippen molar-refractivity contribution in [3.05, 3.63) is 0 Å². The van der Waals surface area contributed by atoms with E-state index in [0.717, 1.165) is 0 Å². The Kier molecular flexibility index (Phi) is 1.26. The smallest absolute Gasteiger partial charge is 0.178 e. The van der Waals surface area contributed by atoms with Gasteiger partial charge in [0.05, 0.1) is 0 Å². The first-order valence-corrected chi connectivity index (χ1v) is 2.26. The first kappa shape index (κ1) is 5.24. The van der Waals surface area contributed by atoms with Gasteiger partial charge < -0.3 is 5.11 Å². The predicted octanol–water partition coefficient (Wildman–Crippen LogP) is -0.671. The summed E-state index contributed by atoms with van der Waals surface area (Å²) in [5, 5.41) is 19.2. The molecule has 0 bridgehead atoms. The summed E-state index contributed by atoms with van der Waals surface area (Å²) in [6.45, 7) is 1.60. The fraction of sp³-hybridized carbons (Fsp3) is 0.500. The van der Waals surface area contributed by atoms with Crippen LogP contribution in [0.15, 0.2) is 10.2 Å². The molecule has 1 heterocycles. The van der Waals surface area contributed by atoms with Crippen molar-refractivity contribution in [3.63, 3.8) is 0 Å². The van der Waals surface area contributed by atoms with Crippen LogP contribution in [0.1, 0.15) is 6.92 Å². The Morgan fingerprint density at radius 2 is 2.25 bits per heavy atom. The van der Waals surface area contributed by atoms with Crippen LogP contribution in [0.5, 0.6) is 0 Å². The number of hydrogen-bond acceptors (Lipinski definition) is 3. The molecule has 4 nitrogen and oxygen atoms in total. The van der Waals surface area contributed by atoms with Gasteiger partial charge in [0.25, 0.3) is 0 Å². The predicted molar refractivity (Wildman–Crippen MR) is 29.8 cm³/mol. The Labute approximate surface area is 46.9 Å². The summed E-state index contributed by atoms with van der Waals surface area (Å²) in [6.07, 6.45) is 0. The fourth-order valence-corrected chi connectivity index (χ4v) is 0.429. The molecule has 1 aliphatic rings. The van der Waals surface area contributed by atoms with Crippen LogP contribution >= 0.6 is 0 Å². The molecule has 1 N–H and O–H groups in total. The van der Waals surface area contributed by atoms with Gasteiger partial charge in [-0.2, -0.15) is 0 Å². The lowest BCUT2D eigenvalue weighted by Crippen LogP contribution is -2.18. The number of hydrogen-bond donors (Lipinski definition) is 1. The Bertz CT molecular complexity index is 149. The lowest BCUT2D eigenvalue weighted by molar-refractivity contribution is 0.354. The minimum absolute atomic E-state index is 0.124. The topological polar surface area (TPSA) is 59.1 Å². The molecule has 0 saturated heterocycles. The van der Waals surface area contributed by atoms with Gasteiger partial charge in [0.1, 0.15) is 12.4 Å². The van der Waals surface area contributed by atoms with Crippen molar-refractivity contribution in [2.45, 2.75) is 6.92 Å². The summed E-state index contributed by atoms with van der Waals surface area (Å²) in [5.74, 6) is 0.997. The maximum Gasteiger partial charge on any atom is 0.178 e. The van der Waals surface area contributed by atoms with Crippen LogP contribution in [-0.4, -0.2) is 23.4 Å². The third-order valence-electron chi connectivity index (χ3n) is 0.742. The maximum absolute atomic E-state index is 8.39. The van der Waals surface area contributed by atoms with Crippen LogP contribution in [0.2, 0.25) is 0 Å². The van der Waals surface area contributed by atoms with Gasteiger partial charge in [0, 0.05) is 0 Å². The van der Waals surface area contributed by atoms with Gasteiger partial charge in [-0.05, 0) is 6.92 Å². The lowest BCUT2D eigenvalue weighted by atomic mass is 10.6. The molecular weight excluding hydrogens is 106 g/mol. The maximum atomic E-state index is 8.39. The minimum atomic E-state index is -0.124. The van der Waals surface area contributed by atoms with Gasteiger partial charge in [-0.1, -0.05) is 0 Å². The lowest BCUT2D eigenvalue weighted by Gasteiger charge is -1.88. The Morgan fingerprint density at radius 1 is 1.50 bits per heavy atom. The third kappa shape index (κ3) is 0.840. The largest absolute Gasteiger partial charge is 0.388 e. The molecule has 0 spiro atoms. The van der Waals surface area contributed by atoms with Crippen molar-refractivity contribution in [1.29, 1.82) is 0 Å². The summed E-state index contributed by atoms with van der Waals surface area (Å²) in [5.41, 5.74) is 0. The summed E-state index contributed by atoms with van der Waals surface area (Å²) in [4.78, 5) is 0. The molecule has 1 rings (SSSR count). The molecule has 0 aromatic heterocycles. The van der Waals surface area contributed by atoms with E-state index in [1.54, 1.807) is 6.92 Å². The fourth-order valence-electron chi connectivity index (χ4n) is 0.429.